The van der Waals surface area contributed by atoms with Crippen LogP contribution in [0.15, 0.2) is 22.7 Å². The molecule has 0 saturated carbocycles. The number of rotatable bonds is 5. The number of nitriles is 1. The number of halogens is 1. The van der Waals surface area contributed by atoms with Crippen molar-refractivity contribution in [1.29, 1.82) is 5.26 Å². The Labute approximate surface area is 105 Å². The average Bonchev–Trinajstić information content (AvgIpc) is 2.22. The highest BCUT2D eigenvalue weighted by Gasteiger charge is 2.04. The molecule has 0 fully saturated rings. The molecule has 0 aliphatic rings. The van der Waals surface area contributed by atoms with E-state index in [1.807, 2.05) is 12.1 Å². The third kappa shape index (κ3) is 4.21. The topological polar surface area (TPSA) is 53.0 Å². The molecule has 0 bridgehead atoms. The lowest BCUT2D eigenvalue weighted by atomic mass is 10.2. The van der Waals surface area contributed by atoms with Gasteiger partial charge in [0.05, 0.1) is 6.07 Å². The zero-order valence-corrected chi connectivity index (χ0v) is 11.0. The van der Waals surface area contributed by atoms with Crippen LogP contribution in [0.2, 0.25) is 0 Å². The van der Waals surface area contributed by atoms with Gasteiger partial charge in [0.1, 0.15) is 0 Å². The van der Waals surface area contributed by atoms with Crippen molar-refractivity contribution < 1.29 is 0 Å². The van der Waals surface area contributed by atoms with E-state index in [0.717, 1.165) is 29.8 Å². The molecule has 0 saturated heterocycles. The zero-order valence-electron chi connectivity index (χ0n) is 9.41. The van der Waals surface area contributed by atoms with E-state index in [2.05, 4.69) is 39.9 Å². The second-order valence-corrected chi connectivity index (χ2v) is 4.59. The standard InChI is InChI=1S/C12H16BrN3/c1-2-16(5-3-4-14)9-10-6-11(13)8-12(15)7-10/h6-8H,2-3,5,9,15H2,1H3. The van der Waals surface area contributed by atoms with Crippen molar-refractivity contribution in [1.82, 2.24) is 4.90 Å². The summed E-state index contributed by atoms with van der Waals surface area (Å²) in [5.41, 5.74) is 7.71. The Bertz CT molecular complexity index is 364. The largest absolute Gasteiger partial charge is 0.399 e. The average molecular weight is 282 g/mol. The molecule has 0 atom stereocenters. The fraction of sp³-hybridized carbons (Fsp3) is 0.417. The minimum absolute atomic E-state index is 0.567. The highest BCUT2D eigenvalue weighted by atomic mass is 79.9. The molecule has 0 heterocycles. The van der Waals surface area contributed by atoms with Crippen molar-refractivity contribution in [2.45, 2.75) is 19.9 Å². The third-order valence-corrected chi connectivity index (χ3v) is 2.83. The number of benzene rings is 1. The van der Waals surface area contributed by atoms with Crippen LogP contribution in [-0.2, 0) is 6.54 Å². The summed E-state index contributed by atoms with van der Waals surface area (Å²) in [4.78, 5) is 2.23. The minimum atomic E-state index is 0.567. The normalized spacial score (nSPS) is 10.4. The van der Waals surface area contributed by atoms with Crippen LogP contribution in [0.4, 0.5) is 5.69 Å². The van der Waals surface area contributed by atoms with Crippen molar-refractivity contribution in [3.8, 4) is 6.07 Å². The third-order valence-electron chi connectivity index (χ3n) is 2.37. The van der Waals surface area contributed by atoms with E-state index in [4.69, 9.17) is 11.0 Å². The van der Waals surface area contributed by atoms with E-state index in [1.54, 1.807) is 0 Å². The number of nitrogens with two attached hydrogens (primary N) is 1. The zero-order chi connectivity index (χ0) is 12.0. The molecule has 0 radical (unpaired) electrons. The molecule has 2 N–H and O–H groups in total. The summed E-state index contributed by atoms with van der Waals surface area (Å²) in [5.74, 6) is 0. The van der Waals surface area contributed by atoms with E-state index in [0.29, 0.717) is 6.42 Å². The highest BCUT2D eigenvalue weighted by molar-refractivity contribution is 9.10. The molecule has 0 aromatic heterocycles. The molecule has 3 nitrogen and oxygen atoms in total. The Balaban J connectivity index is 2.66. The quantitative estimate of drug-likeness (QED) is 0.845. The highest BCUT2D eigenvalue weighted by Crippen LogP contribution is 2.18. The summed E-state index contributed by atoms with van der Waals surface area (Å²) in [6.07, 6.45) is 0.567. The first-order chi connectivity index (χ1) is 7.65. The van der Waals surface area contributed by atoms with Gasteiger partial charge in [0.15, 0.2) is 0 Å². The van der Waals surface area contributed by atoms with E-state index in [1.165, 1.54) is 5.56 Å². The molecule has 0 spiro atoms. The summed E-state index contributed by atoms with van der Waals surface area (Å²) >= 11 is 3.43. The smallest absolute Gasteiger partial charge is 0.0635 e. The Morgan fingerprint density at radius 1 is 1.44 bits per heavy atom. The molecule has 0 unspecified atom stereocenters. The summed E-state index contributed by atoms with van der Waals surface area (Å²) in [6.45, 7) is 4.67. The van der Waals surface area contributed by atoms with Crippen molar-refractivity contribution in [3.63, 3.8) is 0 Å². The lowest BCUT2D eigenvalue weighted by molar-refractivity contribution is 0.287. The van der Waals surface area contributed by atoms with Gasteiger partial charge in [-0.25, -0.2) is 0 Å². The predicted octanol–water partition coefficient (Wildman–Crippen LogP) is 2.77. The number of nitrogens with zero attached hydrogens (tertiary/aromatic N) is 2. The summed E-state index contributed by atoms with van der Waals surface area (Å²) in [6, 6.07) is 8.08. The summed E-state index contributed by atoms with van der Waals surface area (Å²) in [5, 5.41) is 8.56. The second-order valence-electron chi connectivity index (χ2n) is 3.67. The van der Waals surface area contributed by atoms with Gasteiger partial charge in [-0.05, 0) is 30.3 Å². The molecule has 1 rings (SSSR count). The lowest BCUT2D eigenvalue weighted by Gasteiger charge is -2.19. The Morgan fingerprint density at radius 3 is 2.75 bits per heavy atom. The maximum absolute atomic E-state index is 8.56. The van der Waals surface area contributed by atoms with Gasteiger partial charge in [0.2, 0.25) is 0 Å². The maximum Gasteiger partial charge on any atom is 0.0635 e. The fourth-order valence-corrected chi connectivity index (χ4v) is 2.14. The van der Waals surface area contributed by atoms with E-state index >= 15 is 0 Å². The van der Waals surface area contributed by atoms with E-state index in [9.17, 15) is 0 Å². The SMILES string of the molecule is CCN(CCC#N)Cc1cc(N)cc(Br)c1. The Morgan fingerprint density at radius 2 is 2.19 bits per heavy atom. The van der Waals surface area contributed by atoms with E-state index < -0.39 is 0 Å². The monoisotopic (exact) mass is 281 g/mol. The molecule has 0 aliphatic carbocycles. The van der Waals surface area contributed by atoms with Gasteiger partial charge in [-0.15, -0.1) is 0 Å². The van der Waals surface area contributed by atoms with Gasteiger partial charge in [-0.1, -0.05) is 22.9 Å². The van der Waals surface area contributed by atoms with Crippen LogP contribution in [0.1, 0.15) is 18.9 Å². The maximum atomic E-state index is 8.56. The predicted molar refractivity (Wildman–Crippen MR) is 69.7 cm³/mol. The van der Waals surface area contributed by atoms with Crippen molar-refractivity contribution in [2.24, 2.45) is 0 Å². The summed E-state index contributed by atoms with van der Waals surface area (Å²) < 4.78 is 0.999. The first kappa shape index (κ1) is 13.0. The van der Waals surface area contributed by atoms with Crippen LogP contribution in [-0.4, -0.2) is 18.0 Å². The molecule has 4 heteroatoms. The van der Waals surface area contributed by atoms with Crippen LogP contribution in [0, 0.1) is 11.3 Å². The van der Waals surface area contributed by atoms with Gasteiger partial charge in [-0.2, -0.15) is 5.26 Å². The van der Waals surface area contributed by atoms with Gasteiger partial charge >= 0.3 is 0 Å². The van der Waals surface area contributed by atoms with Crippen LogP contribution < -0.4 is 5.73 Å². The second kappa shape index (κ2) is 6.51. The Kier molecular flexibility index (Phi) is 5.30. The van der Waals surface area contributed by atoms with E-state index in [-0.39, 0.29) is 0 Å². The summed E-state index contributed by atoms with van der Waals surface area (Å²) in [7, 11) is 0. The molecule has 86 valence electrons. The Hall–Kier alpha value is -1.05. The minimum Gasteiger partial charge on any atom is -0.399 e. The molecule has 1 aromatic rings. The number of hydrogen-bond donors (Lipinski definition) is 1. The molecule has 0 aliphatic heterocycles. The van der Waals surface area contributed by atoms with Gasteiger partial charge < -0.3 is 5.73 Å². The van der Waals surface area contributed by atoms with Crippen LogP contribution in [0.5, 0.6) is 0 Å². The number of nitrogen functional groups attached to an aromatic ring is 1. The first-order valence-electron chi connectivity index (χ1n) is 5.30. The molecular formula is C12H16BrN3. The van der Waals surface area contributed by atoms with Crippen molar-refractivity contribution in [3.05, 3.63) is 28.2 Å². The van der Waals surface area contributed by atoms with Crippen molar-refractivity contribution >= 4 is 21.6 Å². The van der Waals surface area contributed by atoms with Crippen LogP contribution in [0.25, 0.3) is 0 Å². The first-order valence-corrected chi connectivity index (χ1v) is 6.09. The van der Waals surface area contributed by atoms with Gasteiger partial charge in [-0.3, -0.25) is 4.90 Å². The number of anilines is 1. The lowest BCUT2D eigenvalue weighted by Crippen LogP contribution is -2.23. The molecular weight excluding hydrogens is 266 g/mol. The van der Waals surface area contributed by atoms with Gasteiger partial charge in [0.25, 0.3) is 0 Å². The molecule has 0 amide bonds. The fourth-order valence-electron chi connectivity index (χ4n) is 1.58. The molecule has 1 aromatic carbocycles. The van der Waals surface area contributed by atoms with Gasteiger partial charge in [0, 0.05) is 29.7 Å². The molecule has 16 heavy (non-hydrogen) atoms. The van der Waals surface area contributed by atoms with Crippen molar-refractivity contribution in [2.75, 3.05) is 18.8 Å². The van der Waals surface area contributed by atoms with Crippen LogP contribution in [0.3, 0.4) is 0 Å². The van der Waals surface area contributed by atoms with Crippen LogP contribution >= 0.6 is 15.9 Å². The number of hydrogen-bond acceptors (Lipinski definition) is 3.